The second-order valence-electron chi connectivity index (χ2n) is 3.62. The van der Waals surface area contributed by atoms with Crippen LogP contribution in [0.4, 0.5) is 0 Å². The summed E-state index contributed by atoms with van der Waals surface area (Å²) in [7, 11) is 0. The molecule has 0 aliphatic carbocycles. The maximum Gasteiger partial charge on any atom is 0.243 e. The van der Waals surface area contributed by atoms with Crippen molar-refractivity contribution in [3.8, 4) is 0 Å². The number of benzene rings is 2. The van der Waals surface area contributed by atoms with Crippen LogP contribution in [0.1, 0.15) is 17.2 Å². The average molecular weight is 251 g/mol. The summed E-state index contributed by atoms with van der Waals surface area (Å²) < 4.78 is 0. The summed E-state index contributed by atoms with van der Waals surface area (Å²) in [6.07, 6.45) is 0. The van der Waals surface area contributed by atoms with Gasteiger partial charge in [-0.05, 0) is 4.86 Å². The van der Waals surface area contributed by atoms with Gasteiger partial charge in [0.2, 0.25) is 6.04 Å². The van der Waals surface area contributed by atoms with Crippen molar-refractivity contribution >= 4 is 29.6 Å². The zero-order valence-electron chi connectivity index (χ0n) is 10.1. The Bertz CT molecular complexity index is 463. The molecule has 0 spiro atoms. The minimum Gasteiger partial charge on any atom is -0.597 e. The van der Waals surface area contributed by atoms with Crippen LogP contribution in [-0.2, 0) is 0 Å². The van der Waals surface area contributed by atoms with Crippen LogP contribution in [-0.4, -0.2) is 39.6 Å². The molecule has 0 fully saturated rings. The molecule has 18 heavy (non-hydrogen) atoms. The Morgan fingerprint density at radius 3 is 1.61 bits per heavy atom. The predicted molar refractivity (Wildman–Crippen MR) is 68.3 cm³/mol. The van der Waals surface area contributed by atoms with Gasteiger partial charge in [-0.2, -0.15) is 0 Å². The molecule has 0 aliphatic heterocycles. The van der Waals surface area contributed by atoms with Gasteiger partial charge in [-0.15, -0.1) is 0 Å². The van der Waals surface area contributed by atoms with E-state index >= 15 is 0 Å². The van der Waals surface area contributed by atoms with Gasteiger partial charge in [0.25, 0.3) is 0 Å². The molecule has 87 valence electrons. The van der Waals surface area contributed by atoms with E-state index in [9.17, 15) is 5.21 Å². The molecule has 1 radical (unpaired) electrons. The van der Waals surface area contributed by atoms with Crippen LogP contribution < -0.4 is 0 Å². The van der Waals surface area contributed by atoms with Crippen molar-refractivity contribution in [1.82, 2.24) is 0 Å². The van der Waals surface area contributed by atoms with Crippen LogP contribution in [0.3, 0.4) is 0 Å². The maximum atomic E-state index is 11.6. The van der Waals surface area contributed by atoms with E-state index in [-0.39, 0.29) is 29.6 Å². The van der Waals surface area contributed by atoms with E-state index in [0.29, 0.717) is 4.86 Å². The molecular weight excluding hydrogens is 239 g/mol. The topological polar surface area (TPSA) is 58.7 Å². The molecule has 2 aromatic carbocycles. The summed E-state index contributed by atoms with van der Waals surface area (Å²) in [6.45, 7) is 0. The molecule has 0 heterocycles. The molecule has 0 amide bonds. The van der Waals surface area contributed by atoms with Gasteiger partial charge in [-0.1, -0.05) is 60.7 Å². The second-order valence-corrected chi connectivity index (χ2v) is 3.62. The minimum atomic E-state index is -0.623. The first-order valence-corrected chi connectivity index (χ1v) is 5.24. The summed E-state index contributed by atoms with van der Waals surface area (Å²) in [5, 5.41) is 23.0. The van der Waals surface area contributed by atoms with Gasteiger partial charge in [-0.3, -0.25) is 0 Å². The number of hydrogen-bond donors (Lipinski definition) is 1. The van der Waals surface area contributed by atoms with Gasteiger partial charge in [0.15, 0.2) is 5.28 Å². The Balaban J connectivity index is 0.00000162. The Morgan fingerprint density at radius 1 is 0.889 bits per heavy atom. The van der Waals surface area contributed by atoms with Crippen LogP contribution in [0.15, 0.2) is 65.9 Å². The molecule has 0 saturated heterocycles. The third kappa shape index (κ3) is 3.32. The van der Waals surface area contributed by atoms with E-state index in [2.05, 4.69) is 5.28 Å². The van der Waals surface area contributed by atoms with Gasteiger partial charge < -0.3 is 10.4 Å². The third-order valence-corrected chi connectivity index (χ3v) is 2.54. The Labute approximate surface area is 127 Å². The quantitative estimate of drug-likeness (QED) is 0.394. The van der Waals surface area contributed by atoms with E-state index in [0.717, 1.165) is 11.1 Å². The van der Waals surface area contributed by atoms with Crippen molar-refractivity contribution in [2.24, 2.45) is 5.28 Å². The van der Waals surface area contributed by atoms with Gasteiger partial charge in [-0.25, -0.2) is 0 Å². The van der Waals surface area contributed by atoms with Crippen molar-refractivity contribution in [2.75, 3.05) is 0 Å². The standard InChI is InChI=1S/C13H12N2O2.Na/c16-14-15(17)13(11-7-3-1-4-8-11)12-9-5-2-6-10-12;/h1-10,13,16H;/b15-14-;. The molecule has 0 aliphatic rings. The van der Waals surface area contributed by atoms with Crippen molar-refractivity contribution < 1.29 is 10.1 Å². The van der Waals surface area contributed by atoms with Crippen molar-refractivity contribution in [2.45, 2.75) is 6.04 Å². The van der Waals surface area contributed by atoms with E-state index < -0.39 is 6.04 Å². The summed E-state index contributed by atoms with van der Waals surface area (Å²) >= 11 is 0. The summed E-state index contributed by atoms with van der Waals surface area (Å²) in [5.74, 6) is 0. The Morgan fingerprint density at radius 2 is 1.28 bits per heavy atom. The normalized spacial score (nSPS) is 11.1. The fourth-order valence-electron chi connectivity index (χ4n) is 1.77. The van der Waals surface area contributed by atoms with E-state index in [1.165, 1.54) is 0 Å². The molecule has 1 N–H and O–H groups in total. The number of hydroxylamine groups is 1. The fourth-order valence-corrected chi connectivity index (χ4v) is 1.77. The van der Waals surface area contributed by atoms with Crippen molar-refractivity contribution in [3.05, 3.63) is 77.0 Å². The largest absolute Gasteiger partial charge is 0.597 e. The molecule has 2 aromatic rings. The molecule has 2 rings (SSSR count). The van der Waals surface area contributed by atoms with Crippen LogP contribution >= 0.6 is 0 Å². The van der Waals surface area contributed by atoms with Crippen LogP contribution in [0.25, 0.3) is 0 Å². The van der Waals surface area contributed by atoms with E-state index in [1.54, 1.807) is 0 Å². The van der Waals surface area contributed by atoms with Crippen LogP contribution in [0, 0.1) is 5.21 Å². The molecule has 0 atom stereocenters. The summed E-state index contributed by atoms with van der Waals surface area (Å²) in [4.78, 5) is 0.296. The smallest absolute Gasteiger partial charge is 0.243 e. The van der Waals surface area contributed by atoms with Gasteiger partial charge >= 0.3 is 0 Å². The first-order valence-electron chi connectivity index (χ1n) is 5.24. The fraction of sp³-hybridized carbons (Fsp3) is 0.0769. The number of hydrogen-bond acceptors (Lipinski definition) is 2. The second kappa shape index (κ2) is 7.16. The van der Waals surface area contributed by atoms with Gasteiger partial charge in [0, 0.05) is 40.7 Å². The first-order chi connectivity index (χ1) is 8.33. The third-order valence-electron chi connectivity index (χ3n) is 2.54. The first kappa shape index (κ1) is 14.7. The average Bonchev–Trinajstić information content (AvgIpc) is 2.41. The molecule has 0 saturated carbocycles. The van der Waals surface area contributed by atoms with Crippen LogP contribution in [0.5, 0.6) is 0 Å². The van der Waals surface area contributed by atoms with Crippen molar-refractivity contribution in [3.63, 3.8) is 0 Å². The molecule has 4 nitrogen and oxygen atoms in total. The van der Waals surface area contributed by atoms with Gasteiger partial charge in [0.05, 0.1) is 0 Å². The van der Waals surface area contributed by atoms with Crippen LogP contribution in [0.2, 0.25) is 0 Å². The number of nitrogens with zero attached hydrogens (tertiary/aromatic N) is 2. The van der Waals surface area contributed by atoms with E-state index in [1.807, 2.05) is 60.7 Å². The zero-order valence-corrected chi connectivity index (χ0v) is 12.1. The SMILES string of the molecule is [Na].[O-]/[N+](=N\O)C(c1ccccc1)c1ccccc1. The molecule has 0 unspecified atom stereocenters. The van der Waals surface area contributed by atoms with E-state index in [4.69, 9.17) is 5.21 Å². The molecule has 0 aromatic heterocycles. The molecular formula is C13H12N2NaO2. The molecule has 0 bridgehead atoms. The predicted octanol–water partition coefficient (Wildman–Crippen LogP) is 2.75. The Hall–Kier alpha value is -1.36. The zero-order chi connectivity index (χ0) is 12.1. The van der Waals surface area contributed by atoms with Gasteiger partial charge in [0.1, 0.15) is 0 Å². The summed E-state index contributed by atoms with van der Waals surface area (Å²) in [6, 6.07) is 17.8. The molecule has 5 heteroatoms. The summed E-state index contributed by atoms with van der Waals surface area (Å²) in [5.41, 5.74) is 1.57. The minimum absolute atomic E-state index is 0. The maximum absolute atomic E-state index is 11.6. The monoisotopic (exact) mass is 251 g/mol. The van der Waals surface area contributed by atoms with Crippen molar-refractivity contribution in [1.29, 1.82) is 0 Å². The number of rotatable bonds is 3. The Kier molecular flexibility index (Phi) is 5.85.